The molecule has 3 N–H and O–H groups in total. The van der Waals surface area contributed by atoms with E-state index in [0.29, 0.717) is 22.7 Å². The summed E-state index contributed by atoms with van der Waals surface area (Å²) in [7, 11) is 1.39. The van der Waals surface area contributed by atoms with Crippen LogP contribution < -0.4 is 0 Å². The Bertz CT molecular complexity index is 1810. The van der Waals surface area contributed by atoms with Crippen LogP contribution in [0.5, 0.6) is 0 Å². The van der Waals surface area contributed by atoms with Crippen molar-refractivity contribution in [3.63, 3.8) is 0 Å². The predicted octanol–water partition coefficient (Wildman–Crippen LogP) is 8.16. The maximum absolute atomic E-state index is 14.8. The molecule has 3 aliphatic rings. The smallest absolute Gasteiger partial charge is 0.311 e. The second-order valence-corrected chi connectivity index (χ2v) is 32.2. The normalized spacial score (nSPS) is 41.3. The van der Waals surface area contributed by atoms with Crippen LogP contribution in [0.4, 0.5) is 0 Å². The van der Waals surface area contributed by atoms with Crippen molar-refractivity contribution in [1.82, 2.24) is 4.90 Å². The molecule has 0 bridgehead atoms. The molecule has 1 aromatic carbocycles. The van der Waals surface area contributed by atoms with Crippen molar-refractivity contribution < 1.29 is 62.2 Å². The van der Waals surface area contributed by atoms with E-state index in [2.05, 4.69) is 49.3 Å². The van der Waals surface area contributed by atoms with Crippen LogP contribution in [-0.2, 0) is 53.5 Å². The second kappa shape index (κ2) is 23.5. The Morgan fingerprint density at radius 1 is 0.868 bits per heavy atom. The van der Waals surface area contributed by atoms with E-state index in [1.54, 1.807) is 40.9 Å². The van der Waals surface area contributed by atoms with Crippen molar-refractivity contribution in [2.45, 2.75) is 225 Å². The number of aliphatic hydroxyl groups is 3. The van der Waals surface area contributed by atoms with Gasteiger partial charge in [-0.05, 0) is 120 Å². The van der Waals surface area contributed by atoms with E-state index in [4.69, 9.17) is 53.7 Å². The molecule has 3 saturated heterocycles. The third-order valence-electron chi connectivity index (χ3n) is 14.1. The van der Waals surface area contributed by atoms with Gasteiger partial charge in [0.2, 0.25) is 0 Å². The van der Waals surface area contributed by atoms with Gasteiger partial charge in [-0.2, -0.15) is 0 Å². The summed E-state index contributed by atoms with van der Waals surface area (Å²) in [6.07, 6.45) is -7.04. The van der Waals surface area contributed by atoms with E-state index in [1.165, 1.54) is 6.92 Å². The first-order valence-electron chi connectivity index (χ1n) is 24.7. The number of rotatable bonds is 14. The number of carbonyl (C=O) groups excluding carboxylic acids is 1. The Hall–Kier alpha value is -1.56. The van der Waals surface area contributed by atoms with Crippen LogP contribution in [-0.4, -0.2) is 154 Å². The summed E-state index contributed by atoms with van der Waals surface area (Å²) in [4.78, 5) is 22.9. The van der Waals surface area contributed by atoms with Gasteiger partial charge in [0.15, 0.2) is 29.2 Å². The van der Waals surface area contributed by atoms with Gasteiger partial charge >= 0.3 is 5.97 Å². The van der Waals surface area contributed by atoms with Crippen LogP contribution in [0.25, 0.3) is 0 Å². The third-order valence-corrected chi connectivity index (χ3v) is 16.4. The molecule has 0 saturated carbocycles. The monoisotopic (exact) mass is 1020 g/mol. The van der Waals surface area contributed by atoms with Gasteiger partial charge in [-0.15, -0.1) is 0 Å². The molecule has 18 heteroatoms. The highest BCUT2D eigenvalue weighted by atomic mass is 35.5. The van der Waals surface area contributed by atoms with E-state index >= 15 is 0 Å². The lowest BCUT2D eigenvalue weighted by Crippen LogP contribution is -2.62. The quantitative estimate of drug-likeness (QED) is 0.0925. The summed E-state index contributed by atoms with van der Waals surface area (Å²) in [6.45, 7) is 30.9. The Kier molecular flexibility index (Phi) is 20.4. The minimum atomic E-state index is -2.23. The average Bonchev–Trinajstić information content (AvgIpc) is 3.22. The maximum Gasteiger partial charge on any atom is 0.311 e. The first-order valence-corrected chi connectivity index (χ1v) is 31.9. The summed E-state index contributed by atoms with van der Waals surface area (Å²) in [6, 6.07) is 7.18. The number of esters is 1. The number of nitrogens with zero attached hydrogens (tertiary/aromatic N) is 2. The number of ether oxygens (including phenoxy) is 6. The van der Waals surface area contributed by atoms with Gasteiger partial charge in [0, 0.05) is 47.9 Å². The average molecular weight is 1020 g/mol. The molecule has 3 fully saturated rings. The van der Waals surface area contributed by atoms with Crippen molar-refractivity contribution in [1.29, 1.82) is 0 Å². The summed E-state index contributed by atoms with van der Waals surface area (Å²) in [5.41, 5.74) is -3.43. The number of carbonyl (C=O) groups is 1. The van der Waals surface area contributed by atoms with E-state index in [1.807, 2.05) is 66.9 Å². The van der Waals surface area contributed by atoms with Gasteiger partial charge in [-0.25, -0.2) is 0 Å². The lowest BCUT2D eigenvalue weighted by Gasteiger charge is -2.51. The SMILES string of the molecule is CC[C@H]1OC(=O)[C@H](C)[C@@H](O[C@H]2C[C@@](C)(OC)[C@@H](O[Si](C)(C)C)[C@H](C)O2)[C@H](C)[C@@H](O[C@@H]2O[C@H](C)C[C@H](N(C)C)[C@H]2O[Si](C)(C)C)[C@](C)(O)C[C@@H](C)/C(=N\OCc2ccccc2Cl)[C@H](C)[C@@H](O)[C@]1(C)O. The molecule has 0 spiro atoms. The number of oxime groups is 1. The molecule has 15 nitrogen and oxygen atoms in total. The van der Waals surface area contributed by atoms with Crippen molar-refractivity contribution in [3.8, 4) is 0 Å². The topological polar surface area (TPSA) is 176 Å². The van der Waals surface area contributed by atoms with E-state index in [0.717, 1.165) is 0 Å². The molecule has 1 aromatic rings. The molecule has 0 unspecified atom stereocenters. The zero-order valence-electron chi connectivity index (χ0n) is 44.7. The van der Waals surface area contributed by atoms with Crippen molar-refractivity contribution in [3.05, 3.63) is 34.9 Å². The number of hydrogen-bond donors (Lipinski definition) is 3. The van der Waals surface area contributed by atoms with Gasteiger partial charge in [0.05, 0.1) is 59.5 Å². The van der Waals surface area contributed by atoms with Gasteiger partial charge < -0.3 is 62.3 Å². The molecule has 0 aliphatic carbocycles. The molecule has 0 amide bonds. The number of likely N-dealkylation sites (N-methyl/N-ethyl adjacent to an activating group) is 1. The fourth-order valence-electron chi connectivity index (χ4n) is 10.5. The summed E-state index contributed by atoms with van der Waals surface area (Å²) in [5, 5.41) is 42.8. The van der Waals surface area contributed by atoms with E-state index in [9.17, 15) is 20.1 Å². The molecule has 68 heavy (non-hydrogen) atoms. The summed E-state index contributed by atoms with van der Waals surface area (Å²) < 4.78 is 53.7. The summed E-state index contributed by atoms with van der Waals surface area (Å²) >= 11 is 6.49. The number of hydrogen-bond acceptors (Lipinski definition) is 15. The Morgan fingerprint density at radius 3 is 2.04 bits per heavy atom. The predicted molar refractivity (Wildman–Crippen MR) is 269 cm³/mol. The fraction of sp³-hybridized carbons (Fsp3) is 0.840. The van der Waals surface area contributed by atoms with Crippen LogP contribution >= 0.6 is 11.6 Å². The standard InChI is InChI=1S/C50H89ClN2O13Si2/c1-20-38-50(10,57)43(54)31(4)40(52-59-28-35-23-21-22-24-36(35)51)29(2)26-48(8,56)44(64-47-42(65-67(14,15)16)37(53(11)12)25-30(3)60-47)32(5)41(33(6)46(55)62-38)63-39-27-49(9,58-13)45(34(7)61-39)66-68(17,18)19/h21-24,29-34,37-39,41-45,47,54,56-57H,20,25-28H2,1-19H3/b52-40+/t29-,30-,31+,32+,33-,34+,37+,38-,39+,41+,42-,43-,44-,45+,47+,48-,49-,50-/m1/s1. The van der Waals surface area contributed by atoms with Gasteiger partial charge in [-0.1, -0.05) is 62.7 Å². The van der Waals surface area contributed by atoms with Gasteiger partial charge in [-0.3, -0.25) is 4.79 Å². The van der Waals surface area contributed by atoms with E-state index < -0.39 is 118 Å². The zero-order valence-corrected chi connectivity index (χ0v) is 47.5. The van der Waals surface area contributed by atoms with Crippen LogP contribution in [0.1, 0.15) is 100 Å². The van der Waals surface area contributed by atoms with Crippen LogP contribution in [0, 0.1) is 23.7 Å². The van der Waals surface area contributed by atoms with Crippen LogP contribution in [0.2, 0.25) is 44.3 Å². The van der Waals surface area contributed by atoms with Gasteiger partial charge in [0.1, 0.15) is 24.4 Å². The second-order valence-electron chi connectivity index (χ2n) is 22.9. The zero-order chi connectivity index (χ0) is 51.5. The fourth-order valence-corrected chi connectivity index (χ4v) is 13.0. The molecular weight excluding hydrogens is 928 g/mol. The van der Waals surface area contributed by atoms with Crippen molar-refractivity contribution in [2.24, 2.45) is 28.8 Å². The Labute approximate surface area is 415 Å². The largest absolute Gasteiger partial charge is 0.459 e. The van der Waals surface area contributed by atoms with Crippen molar-refractivity contribution >= 4 is 39.9 Å². The highest BCUT2D eigenvalue weighted by molar-refractivity contribution is 6.70. The van der Waals surface area contributed by atoms with Crippen LogP contribution in [0.15, 0.2) is 29.4 Å². The molecule has 3 heterocycles. The number of aliphatic hydroxyl groups excluding tert-OH is 1. The highest BCUT2D eigenvalue weighted by Gasteiger charge is 2.54. The number of halogens is 1. The molecule has 392 valence electrons. The molecule has 0 aromatic heterocycles. The summed E-state index contributed by atoms with van der Waals surface area (Å²) in [5.74, 6) is -3.89. The molecule has 18 atom stereocenters. The highest BCUT2D eigenvalue weighted by Crippen LogP contribution is 2.42. The molecular formula is C50H89ClN2O13Si2. The molecule has 4 rings (SSSR count). The minimum absolute atomic E-state index is 0.0259. The van der Waals surface area contributed by atoms with Crippen molar-refractivity contribution in [2.75, 3.05) is 21.2 Å². The minimum Gasteiger partial charge on any atom is -0.459 e. The number of methoxy groups -OCH3 is 1. The maximum atomic E-state index is 14.8. The van der Waals surface area contributed by atoms with Gasteiger partial charge in [0.25, 0.3) is 0 Å². The van der Waals surface area contributed by atoms with Crippen LogP contribution in [0.3, 0.4) is 0 Å². The lowest BCUT2D eigenvalue weighted by atomic mass is 9.73. The van der Waals surface area contributed by atoms with E-state index in [-0.39, 0.29) is 38.0 Å². The number of cyclic esters (lactones) is 1. The first kappa shape index (κ1) is 59.0. The third kappa shape index (κ3) is 14.8. The Morgan fingerprint density at radius 2 is 1.49 bits per heavy atom. The molecule has 0 radical (unpaired) electrons. The number of benzene rings is 1. The molecule has 3 aliphatic heterocycles. The Balaban J connectivity index is 1.93. The lowest BCUT2D eigenvalue weighted by molar-refractivity contribution is -0.315. The first-order chi connectivity index (χ1) is 31.3.